The highest BCUT2D eigenvalue weighted by molar-refractivity contribution is 6.31. The minimum Gasteiger partial charge on any atom is -0.328 e. The summed E-state index contributed by atoms with van der Waals surface area (Å²) in [4.78, 5) is 13.5. The zero-order valence-electron chi connectivity index (χ0n) is 10.6. The second-order valence-corrected chi connectivity index (χ2v) is 4.52. The maximum atomic E-state index is 11.9. The molecule has 0 radical (unpaired) electrons. The van der Waals surface area contributed by atoms with Crippen molar-refractivity contribution < 1.29 is 4.79 Å². The van der Waals surface area contributed by atoms with Crippen LogP contribution < -0.4 is 5.32 Å². The van der Waals surface area contributed by atoms with E-state index in [1.54, 1.807) is 11.9 Å². The van der Waals surface area contributed by atoms with Gasteiger partial charge in [0.15, 0.2) is 0 Å². The number of carbonyl (C=O) groups is 1. The predicted octanol–water partition coefficient (Wildman–Crippen LogP) is 3.91. The number of anilines is 1. The van der Waals surface area contributed by atoms with Crippen molar-refractivity contribution in [1.82, 2.24) is 4.90 Å². The Hall–Kier alpha value is -1.22. The largest absolute Gasteiger partial charge is 0.328 e. The molecule has 17 heavy (non-hydrogen) atoms. The number of unbranched alkanes of at least 4 members (excludes halogenated alkanes) is 1. The van der Waals surface area contributed by atoms with Crippen LogP contribution in [0.25, 0.3) is 0 Å². The molecular formula is C13H19ClN2O. The third kappa shape index (κ3) is 3.93. The van der Waals surface area contributed by atoms with Crippen LogP contribution in [-0.2, 0) is 0 Å². The Labute approximate surface area is 108 Å². The van der Waals surface area contributed by atoms with Crippen LogP contribution in [0.5, 0.6) is 0 Å². The number of urea groups is 1. The van der Waals surface area contributed by atoms with Crippen LogP contribution in [0.1, 0.15) is 25.3 Å². The summed E-state index contributed by atoms with van der Waals surface area (Å²) in [6.45, 7) is 4.76. The summed E-state index contributed by atoms with van der Waals surface area (Å²) >= 11 is 6.00. The van der Waals surface area contributed by atoms with Gasteiger partial charge in [-0.05, 0) is 31.0 Å². The quantitative estimate of drug-likeness (QED) is 0.868. The molecule has 0 aliphatic rings. The summed E-state index contributed by atoms with van der Waals surface area (Å²) in [6.07, 6.45) is 2.09. The molecule has 0 spiro atoms. The molecule has 1 aromatic carbocycles. The molecule has 0 aliphatic heterocycles. The molecule has 1 N–H and O–H groups in total. The van der Waals surface area contributed by atoms with Crippen LogP contribution in [0, 0.1) is 6.92 Å². The van der Waals surface area contributed by atoms with Crippen LogP contribution in [0.3, 0.4) is 0 Å². The average Bonchev–Trinajstić information content (AvgIpc) is 2.31. The first-order valence-electron chi connectivity index (χ1n) is 5.83. The third-order valence-corrected chi connectivity index (χ3v) is 3.11. The van der Waals surface area contributed by atoms with Gasteiger partial charge in [0, 0.05) is 24.3 Å². The van der Waals surface area contributed by atoms with Gasteiger partial charge in [0.1, 0.15) is 0 Å². The number of nitrogens with zero attached hydrogens (tertiary/aromatic N) is 1. The number of amides is 2. The van der Waals surface area contributed by atoms with Crippen molar-refractivity contribution in [3.05, 3.63) is 28.8 Å². The lowest BCUT2D eigenvalue weighted by molar-refractivity contribution is 0.222. The summed E-state index contributed by atoms with van der Waals surface area (Å²) in [7, 11) is 1.80. The van der Waals surface area contributed by atoms with Crippen molar-refractivity contribution in [2.75, 3.05) is 18.9 Å². The number of hydrogen-bond acceptors (Lipinski definition) is 1. The van der Waals surface area contributed by atoms with E-state index < -0.39 is 0 Å². The molecule has 3 nitrogen and oxygen atoms in total. The molecular weight excluding hydrogens is 236 g/mol. The van der Waals surface area contributed by atoms with Gasteiger partial charge in [0.25, 0.3) is 0 Å². The van der Waals surface area contributed by atoms with E-state index in [1.165, 1.54) is 0 Å². The Morgan fingerprint density at radius 2 is 2.18 bits per heavy atom. The first kappa shape index (κ1) is 13.8. The molecule has 0 aliphatic carbocycles. The van der Waals surface area contributed by atoms with Crippen LogP contribution >= 0.6 is 11.6 Å². The monoisotopic (exact) mass is 254 g/mol. The van der Waals surface area contributed by atoms with E-state index in [4.69, 9.17) is 11.6 Å². The second-order valence-electron chi connectivity index (χ2n) is 4.12. The standard InChI is InChI=1S/C13H19ClN2O/c1-4-5-9-16(3)13(17)15-12-8-6-7-11(14)10(12)2/h6-8H,4-5,9H2,1-3H3,(H,15,17). The van der Waals surface area contributed by atoms with E-state index in [-0.39, 0.29) is 6.03 Å². The second kappa shape index (κ2) is 6.50. The molecule has 0 fully saturated rings. The number of benzene rings is 1. The lowest BCUT2D eigenvalue weighted by Gasteiger charge is -2.18. The van der Waals surface area contributed by atoms with Crippen molar-refractivity contribution in [1.29, 1.82) is 0 Å². The van der Waals surface area contributed by atoms with Crippen molar-refractivity contribution in [3.63, 3.8) is 0 Å². The van der Waals surface area contributed by atoms with Gasteiger partial charge in [-0.3, -0.25) is 0 Å². The minimum absolute atomic E-state index is 0.0937. The molecule has 1 aromatic rings. The van der Waals surface area contributed by atoms with Gasteiger partial charge >= 0.3 is 6.03 Å². The van der Waals surface area contributed by atoms with Crippen LogP contribution in [0.4, 0.5) is 10.5 Å². The lowest BCUT2D eigenvalue weighted by atomic mass is 10.2. The Balaban J connectivity index is 2.64. The average molecular weight is 255 g/mol. The van der Waals surface area contributed by atoms with Gasteiger partial charge in [-0.1, -0.05) is 31.0 Å². The molecule has 0 aromatic heterocycles. The van der Waals surface area contributed by atoms with Gasteiger partial charge in [0.2, 0.25) is 0 Å². The fourth-order valence-electron chi connectivity index (χ4n) is 1.45. The van der Waals surface area contributed by atoms with Crippen LogP contribution in [0.2, 0.25) is 5.02 Å². The summed E-state index contributed by atoms with van der Waals surface area (Å²) in [5.41, 5.74) is 1.66. The highest BCUT2D eigenvalue weighted by atomic mass is 35.5. The zero-order valence-corrected chi connectivity index (χ0v) is 11.3. The van der Waals surface area contributed by atoms with Crippen LogP contribution in [-0.4, -0.2) is 24.5 Å². The van der Waals surface area contributed by atoms with Gasteiger partial charge in [-0.15, -0.1) is 0 Å². The maximum absolute atomic E-state index is 11.9. The number of hydrogen-bond donors (Lipinski definition) is 1. The molecule has 0 unspecified atom stereocenters. The van der Waals surface area contributed by atoms with Crippen LogP contribution in [0.15, 0.2) is 18.2 Å². The maximum Gasteiger partial charge on any atom is 0.321 e. The molecule has 0 bridgehead atoms. The summed E-state index contributed by atoms with van der Waals surface area (Å²) in [6, 6.07) is 5.40. The normalized spacial score (nSPS) is 10.1. The first-order chi connectivity index (χ1) is 8.06. The van der Waals surface area contributed by atoms with Gasteiger partial charge in [0.05, 0.1) is 0 Å². The topological polar surface area (TPSA) is 32.3 Å². The number of nitrogens with one attached hydrogen (secondary N) is 1. The molecule has 0 heterocycles. The highest BCUT2D eigenvalue weighted by Gasteiger charge is 2.10. The smallest absolute Gasteiger partial charge is 0.321 e. The first-order valence-corrected chi connectivity index (χ1v) is 6.21. The highest BCUT2D eigenvalue weighted by Crippen LogP contribution is 2.23. The van der Waals surface area contributed by atoms with E-state index in [1.807, 2.05) is 25.1 Å². The van der Waals surface area contributed by atoms with E-state index in [0.29, 0.717) is 5.02 Å². The fraction of sp³-hybridized carbons (Fsp3) is 0.462. The van der Waals surface area contributed by atoms with Crippen molar-refractivity contribution in [2.24, 2.45) is 0 Å². The Morgan fingerprint density at radius 1 is 1.47 bits per heavy atom. The summed E-state index contributed by atoms with van der Waals surface area (Å²) < 4.78 is 0. The number of halogens is 1. The van der Waals surface area contributed by atoms with Gasteiger partial charge in [-0.25, -0.2) is 4.79 Å². The molecule has 0 saturated carbocycles. The predicted molar refractivity (Wildman–Crippen MR) is 72.7 cm³/mol. The fourth-order valence-corrected chi connectivity index (χ4v) is 1.62. The van der Waals surface area contributed by atoms with E-state index in [2.05, 4.69) is 12.2 Å². The molecule has 94 valence electrons. The van der Waals surface area contributed by atoms with E-state index in [9.17, 15) is 4.79 Å². The molecule has 0 atom stereocenters. The summed E-state index contributed by atoms with van der Waals surface area (Å²) in [5.74, 6) is 0. The SMILES string of the molecule is CCCCN(C)C(=O)Nc1cccc(Cl)c1C. The van der Waals surface area contributed by atoms with Crippen molar-refractivity contribution in [2.45, 2.75) is 26.7 Å². The third-order valence-electron chi connectivity index (χ3n) is 2.70. The van der Waals surface area contributed by atoms with Crippen molar-refractivity contribution >= 4 is 23.3 Å². The Morgan fingerprint density at radius 3 is 2.82 bits per heavy atom. The molecule has 1 rings (SSSR count). The minimum atomic E-state index is -0.0937. The van der Waals surface area contributed by atoms with E-state index >= 15 is 0 Å². The van der Waals surface area contributed by atoms with Gasteiger partial charge in [-0.2, -0.15) is 0 Å². The molecule has 4 heteroatoms. The van der Waals surface area contributed by atoms with Gasteiger partial charge < -0.3 is 10.2 Å². The Kier molecular flexibility index (Phi) is 5.29. The Bertz CT molecular complexity index is 393. The summed E-state index contributed by atoms with van der Waals surface area (Å²) in [5, 5.41) is 3.53. The lowest BCUT2D eigenvalue weighted by Crippen LogP contribution is -2.32. The number of carbonyl (C=O) groups excluding carboxylic acids is 1. The zero-order chi connectivity index (χ0) is 12.8. The van der Waals surface area contributed by atoms with Crippen molar-refractivity contribution in [3.8, 4) is 0 Å². The molecule has 2 amide bonds. The van der Waals surface area contributed by atoms with E-state index in [0.717, 1.165) is 30.6 Å². The molecule has 0 saturated heterocycles. The number of rotatable bonds is 4.